The van der Waals surface area contributed by atoms with Crippen LogP contribution in [0.5, 0.6) is 5.75 Å². The van der Waals surface area contributed by atoms with Crippen LogP contribution in [-0.4, -0.2) is 15.5 Å². The fraction of sp³-hybridized carbons (Fsp3) is 0.231. The summed E-state index contributed by atoms with van der Waals surface area (Å²) in [5.74, 6) is 0.660. The van der Waals surface area contributed by atoms with Gasteiger partial charge >= 0.3 is 0 Å². The fourth-order valence-electron chi connectivity index (χ4n) is 1.85. The van der Waals surface area contributed by atoms with Crippen LogP contribution in [0.3, 0.4) is 0 Å². The van der Waals surface area contributed by atoms with Crippen molar-refractivity contribution in [2.24, 2.45) is 0 Å². The molecule has 1 aromatic heterocycles. The molecule has 0 saturated heterocycles. The Bertz CT molecular complexity index is 697. The topological polar surface area (TPSA) is 55.4 Å². The number of nitrogens with one attached hydrogen (secondary N) is 1. The molecule has 1 aromatic carbocycles. The molecule has 1 heterocycles. The van der Waals surface area contributed by atoms with Crippen LogP contribution >= 0.6 is 27.3 Å². The maximum atomic E-state index is 12.3. The first-order valence-corrected chi connectivity index (χ1v) is 8.99. The average Bonchev–Trinajstić information content (AvgIpc) is 2.85. The minimum absolute atomic E-state index is 0.277. The third-order valence-corrected chi connectivity index (χ3v) is 6.98. The van der Waals surface area contributed by atoms with Gasteiger partial charge in [-0.3, -0.25) is 0 Å². The second kappa shape index (κ2) is 6.26. The Morgan fingerprint density at radius 2 is 2.00 bits per heavy atom. The molecule has 0 radical (unpaired) electrons. The van der Waals surface area contributed by atoms with Crippen LogP contribution in [0.2, 0.25) is 0 Å². The highest BCUT2D eigenvalue weighted by Crippen LogP contribution is 2.30. The van der Waals surface area contributed by atoms with Gasteiger partial charge in [-0.25, -0.2) is 13.1 Å². The van der Waals surface area contributed by atoms with E-state index in [2.05, 4.69) is 20.7 Å². The molecule has 0 saturated carbocycles. The number of thiophene rings is 1. The van der Waals surface area contributed by atoms with Crippen molar-refractivity contribution in [1.82, 2.24) is 4.72 Å². The predicted molar refractivity (Wildman–Crippen MR) is 83.7 cm³/mol. The number of hydrogen-bond acceptors (Lipinski definition) is 4. The SMILES string of the molecule is COc1ccccc1C(C)NS(=O)(=O)c1sccc1Br. The summed E-state index contributed by atoms with van der Waals surface area (Å²) >= 11 is 4.42. The fourth-order valence-corrected chi connectivity index (χ4v) is 5.42. The lowest BCUT2D eigenvalue weighted by Gasteiger charge is -2.16. The van der Waals surface area contributed by atoms with E-state index in [1.165, 1.54) is 11.3 Å². The van der Waals surface area contributed by atoms with Crippen molar-refractivity contribution >= 4 is 37.3 Å². The second-order valence-corrected chi connectivity index (χ2v) is 7.82. The molecule has 0 fully saturated rings. The van der Waals surface area contributed by atoms with Gasteiger partial charge in [0.2, 0.25) is 0 Å². The van der Waals surface area contributed by atoms with E-state index >= 15 is 0 Å². The lowest BCUT2D eigenvalue weighted by molar-refractivity contribution is 0.405. The molecule has 1 N–H and O–H groups in total. The van der Waals surface area contributed by atoms with Gasteiger partial charge in [-0.05, 0) is 40.4 Å². The summed E-state index contributed by atoms with van der Waals surface area (Å²) in [6.07, 6.45) is 0. The molecule has 0 aliphatic heterocycles. The van der Waals surface area contributed by atoms with Crippen molar-refractivity contribution in [3.8, 4) is 5.75 Å². The number of halogens is 1. The summed E-state index contributed by atoms with van der Waals surface area (Å²) in [6, 6.07) is 8.68. The van der Waals surface area contributed by atoms with Crippen LogP contribution in [0.1, 0.15) is 18.5 Å². The average molecular weight is 376 g/mol. The summed E-state index contributed by atoms with van der Waals surface area (Å²) in [5.41, 5.74) is 0.797. The maximum absolute atomic E-state index is 12.3. The minimum atomic E-state index is -3.55. The molecule has 0 spiro atoms. The standard InChI is InChI=1S/C13H14BrNO3S2/c1-9(10-5-3-4-6-12(10)18-2)15-20(16,17)13-11(14)7-8-19-13/h3-9,15H,1-2H3. The Balaban J connectivity index is 2.28. The summed E-state index contributed by atoms with van der Waals surface area (Å²) in [4.78, 5) is 0. The highest BCUT2D eigenvalue weighted by atomic mass is 79.9. The molecule has 7 heteroatoms. The molecular weight excluding hydrogens is 362 g/mol. The first kappa shape index (κ1) is 15.5. The minimum Gasteiger partial charge on any atom is -0.496 e. The van der Waals surface area contributed by atoms with Crippen LogP contribution in [0, 0.1) is 0 Å². The molecule has 20 heavy (non-hydrogen) atoms. The largest absolute Gasteiger partial charge is 0.496 e. The van der Waals surface area contributed by atoms with Crippen LogP contribution in [0.15, 0.2) is 44.4 Å². The Hall–Kier alpha value is -0.890. The molecule has 0 amide bonds. The predicted octanol–water partition coefficient (Wildman–Crippen LogP) is 3.56. The Morgan fingerprint density at radius 1 is 1.30 bits per heavy atom. The number of benzene rings is 1. The number of rotatable bonds is 5. The van der Waals surface area contributed by atoms with Crippen LogP contribution in [-0.2, 0) is 10.0 Å². The second-order valence-electron chi connectivity index (χ2n) is 4.14. The van der Waals surface area contributed by atoms with E-state index in [0.29, 0.717) is 10.2 Å². The van der Waals surface area contributed by atoms with Gasteiger partial charge in [0, 0.05) is 16.1 Å². The zero-order valence-electron chi connectivity index (χ0n) is 11.0. The Labute approximate surface area is 131 Å². The van der Waals surface area contributed by atoms with Gasteiger partial charge < -0.3 is 4.74 Å². The monoisotopic (exact) mass is 375 g/mol. The molecule has 2 aromatic rings. The molecule has 0 bridgehead atoms. The molecule has 0 aliphatic rings. The van der Waals surface area contributed by atoms with Gasteiger partial charge in [-0.15, -0.1) is 11.3 Å². The molecule has 2 rings (SSSR count). The first-order valence-electron chi connectivity index (χ1n) is 5.84. The van der Waals surface area contributed by atoms with Gasteiger partial charge in [0.1, 0.15) is 9.96 Å². The number of methoxy groups -OCH3 is 1. The maximum Gasteiger partial charge on any atom is 0.251 e. The molecule has 1 atom stereocenters. The summed E-state index contributed by atoms with van der Waals surface area (Å²) in [5, 5.41) is 1.73. The van der Waals surface area contributed by atoms with Crippen LogP contribution in [0.25, 0.3) is 0 Å². The number of hydrogen-bond donors (Lipinski definition) is 1. The zero-order valence-corrected chi connectivity index (χ0v) is 14.2. The van der Waals surface area contributed by atoms with E-state index < -0.39 is 10.0 Å². The van der Waals surface area contributed by atoms with Crippen molar-refractivity contribution in [2.75, 3.05) is 7.11 Å². The van der Waals surface area contributed by atoms with E-state index in [1.54, 1.807) is 31.5 Å². The van der Waals surface area contributed by atoms with Crippen LogP contribution in [0.4, 0.5) is 0 Å². The summed E-state index contributed by atoms with van der Waals surface area (Å²) in [7, 11) is -1.99. The van der Waals surface area contributed by atoms with E-state index in [0.717, 1.165) is 5.56 Å². The van der Waals surface area contributed by atoms with Crippen molar-refractivity contribution in [1.29, 1.82) is 0 Å². The van der Waals surface area contributed by atoms with Gasteiger partial charge in [0.05, 0.1) is 7.11 Å². The van der Waals surface area contributed by atoms with Gasteiger partial charge in [0.25, 0.3) is 10.0 Å². The van der Waals surface area contributed by atoms with E-state index in [1.807, 2.05) is 18.2 Å². The number of sulfonamides is 1. The van der Waals surface area contributed by atoms with Crippen molar-refractivity contribution < 1.29 is 13.2 Å². The molecule has 108 valence electrons. The quantitative estimate of drug-likeness (QED) is 0.868. The highest BCUT2D eigenvalue weighted by Gasteiger charge is 2.23. The van der Waals surface area contributed by atoms with Crippen molar-refractivity contribution in [2.45, 2.75) is 17.2 Å². The highest BCUT2D eigenvalue weighted by molar-refractivity contribution is 9.10. The normalized spacial score (nSPS) is 13.2. The Kier molecular flexibility index (Phi) is 4.85. The number of para-hydroxylation sites is 1. The molecule has 4 nitrogen and oxygen atoms in total. The van der Waals surface area contributed by atoms with Crippen molar-refractivity contribution in [3.63, 3.8) is 0 Å². The molecule has 0 aliphatic carbocycles. The third kappa shape index (κ3) is 3.22. The third-order valence-electron chi connectivity index (χ3n) is 2.77. The smallest absolute Gasteiger partial charge is 0.251 e. The molecular formula is C13H14BrNO3S2. The van der Waals surface area contributed by atoms with E-state index in [4.69, 9.17) is 4.74 Å². The van der Waals surface area contributed by atoms with Gasteiger partial charge in [0.15, 0.2) is 0 Å². The van der Waals surface area contributed by atoms with Crippen molar-refractivity contribution in [3.05, 3.63) is 45.7 Å². The number of ether oxygens (including phenoxy) is 1. The lowest BCUT2D eigenvalue weighted by Crippen LogP contribution is -2.26. The van der Waals surface area contributed by atoms with E-state index in [9.17, 15) is 8.42 Å². The first-order chi connectivity index (χ1) is 9.45. The lowest BCUT2D eigenvalue weighted by atomic mass is 10.1. The Morgan fingerprint density at radius 3 is 2.60 bits per heavy atom. The zero-order chi connectivity index (χ0) is 14.8. The van der Waals surface area contributed by atoms with Gasteiger partial charge in [-0.2, -0.15) is 0 Å². The van der Waals surface area contributed by atoms with Crippen LogP contribution < -0.4 is 9.46 Å². The summed E-state index contributed by atoms with van der Waals surface area (Å²) < 4.78 is 33.4. The van der Waals surface area contributed by atoms with Gasteiger partial charge in [-0.1, -0.05) is 18.2 Å². The van der Waals surface area contributed by atoms with E-state index in [-0.39, 0.29) is 10.3 Å². The summed E-state index contributed by atoms with van der Waals surface area (Å²) in [6.45, 7) is 1.79. The molecule has 1 unspecified atom stereocenters.